The van der Waals surface area contributed by atoms with Crippen LogP contribution >= 0.6 is 0 Å². The second-order valence-electron chi connectivity index (χ2n) is 7.29. The van der Waals surface area contributed by atoms with Gasteiger partial charge < -0.3 is 25.8 Å². The highest BCUT2D eigenvalue weighted by atomic mass is 16.3. The minimum atomic E-state index is -0.466. The maximum atomic E-state index is 13.0. The van der Waals surface area contributed by atoms with E-state index in [0.29, 0.717) is 18.0 Å². The van der Waals surface area contributed by atoms with Crippen LogP contribution in [0, 0.1) is 0 Å². The number of hydrogen-bond acceptors (Lipinski definition) is 6. The zero-order valence-electron chi connectivity index (χ0n) is 15.0. The van der Waals surface area contributed by atoms with Crippen molar-refractivity contribution in [3.8, 4) is 11.5 Å². The van der Waals surface area contributed by atoms with Crippen LogP contribution in [0.5, 0.6) is 11.5 Å². The van der Waals surface area contributed by atoms with Crippen molar-refractivity contribution in [3.05, 3.63) is 58.3 Å². The number of aromatic amines is 1. The van der Waals surface area contributed by atoms with Gasteiger partial charge in [-0.3, -0.25) is 9.59 Å². The van der Waals surface area contributed by atoms with Crippen molar-refractivity contribution >= 4 is 22.5 Å². The molecule has 0 spiro atoms. The molecule has 142 valence electrons. The number of ketones is 2. The second kappa shape index (κ2) is 6.19. The van der Waals surface area contributed by atoms with Gasteiger partial charge in [0.25, 0.3) is 0 Å². The molecule has 5 N–H and O–H groups in total. The van der Waals surface area contributed by atoms with Gasteiger partial charge in [-0.2, -0.15) is 0 Å². The van der Waals surface area contributed by atoms with Crippen LogP contribution in [0.3, 0.4) is 0 Å². The summed E-state index contributed by atoms with van der Waals surface area (Å²) in [5.41, 5.74) is 1.19. The normalized spacial score (nSPS) is 18.5. The van der Waals surface area contributed by atoms with Crippen LogP contribution in [0.1, 0.15) is 43.8 Å². The van der Waals surface area contributed by atoms with Gasteiger partial charge in [-0.25, -0.2) is 0 Å². The first-order valence-electron chi connectivity index (χ1n) is 9.28. The van der Waals surface area contributed by atoms with Crippen LogP contribution in [-0.2, 0) is 6.54 Å². The van der Waals surface area contributed by atoms with E-state index in [-0.39, 0.29) is 39.3 Å². The standard InChI is InChI=1S/C21H19N3O4/c25-18-12-3-1-2-4-13(12)19(26)16-15(18)20(27)14-10(8-24-17(14)21(16)28)7-23-11-5-6-22-9-11/h1-4,8,11,22-24,27-28H,5-7,9H2/t11-/m0/s1. The lowest BCUT2D eigenvalue weighted by Crippen LogP contribution is -2.30. The van der Waals surface area contributed by atoms with Crippen LogP contribution in [0.4, 0.5) is 0 Å². The molecule has 1 fully saturated rings. The van der Waals surface area contributed by atoms with Gasteiger partial charge >= 0.3 is 0 Å². The summed E-state index contributed by atoms with van der Waals surface area (Å²) < 4.78 is 0. The van der Waals surface area contributed by atoms with Gasteiger partial charge in [-0.05, 0) is 18.5 Å². The molecule has 5 rings (SSSR count). The fourth-order valence-corrected chi connectivity index (χ4v) is 4.22. The number of hydrogen-bond donors (Lipinski definition) is 5. The van der Waals surface area contributed by atoms with E-state index in [9.17, 15) is 19.8 Å². The topological polar surface area (TPSA) is 114 Å². The van der Waals surface area contributed by atoms with Gasteiger partial charge in [0.15, 0.2) is 17.3 Å². The zero-order valence-corrected chi connectivity index (χ0v) is 15.0. The summed E-state index contributed by atoms with van der Waals surface area (Å²) in [6, 6.07) is 6.78. The molecule has 2 aromatic carbocycles. The van der Waals surface area contributed by atoms with E-state index in [4.69, 9.17) is 0 Å². The molecule has 0 radical (unpaired) electrons. The lowest BCUT2D eigenvalue weighted by atomic mass is 9.82. The highest BCUT2D eigenvalue weighted by Crippen LogP contribution is 2.45. The molecule has 1 aliphatic carbocycles. The van der Waals surface area contributed by atoms with Crippen LogP contribution in [0.15, 0.2) is 30.5 Å². The number of carbonyl (C=O) groups excluding carboxylic acids is 2. The van der Waals surface area contributed by atoms with Crippen molar-refractivity contribution in [2.24, 2.45) is 0 Å². The Morgan fingerprint density at radius 1 is 1.04 bits per heavy atom. The van der Waals surface area contributed by atoms with Crippen molar-refractivity contribution in [2.75, 3.05) is 13.1 Å². The molecule has 0 amide bonds. The van der Waals surface area contributed by atoms with Crippen LogP contribution in [-0.4, -0.2) is 45.9 Å². The van der Waals surface area contributed by atoms with Gasteiger partial charge in [-0.15, -0.1) is 0 Å². The molecule has 28 heavy (non-hydrogen) atoms. The van der Waals surface area contributed by atoms with Gasteiger partial charge in [0, 0.05) is 36.5 Å². The van der Waals surface area contributed by atoms with Crippen molar-refractivity contribution in [1.82, 2.24) is 15.6 Å². The summed E-state index contributed by atoms with van der Waals surface area (Å²) in [5.74, 6) is -1.49. The third kappa shape index (κ3) is 2.30. The highest BCUT2D eigenvalue weighted by Gasteiger charge is 2.36. The smallest absolute Gasteiger partial charge is 0.198 e. The fraction of sp³-hybridized carbons (Fsp3) is 0.238. The van der Waals surface area contributed by atoms with Crippen LogP contribution in [0.2, 0.25) is 0 Å². The Morgan fingerprint density at radius 3 is 2.36 bits per heavy atom. The first kappa shape index (κ1) is 17.0. The number of phenolic OH excluding ortho intramolecular Hbond substituents is 2. The van der Waals surface area contributed by atoms with Gasteiger partial charge in [0.05, 0.1) is 22.0 Å². The molecule has 1 atom stereocenters. The summed E-state index contributed by atoms with van der Waals surface area (Å²) in [6.45, 7) is 2.30. The molecule has 1 aromatic heterocycles. The van der Waals surface area contributed by atoms with E-state index in [0.717, 1.165) is 25.1 Å². The molecule has 3 aromatic rings. The first-order chi connectivity index (χ1) is 13.6. The number of rotatable bonds is 3. The lowest BCUT2D eigenvalue weighted by molar-refractivity contribution is 0.0974. The Labute approximate surface area is 160 Å². The lowest BCUT2D eigenvalue weighted by Gasteiger charge is -2.20. The Kier molecular flexibility index (Phi) is 3.75. The molecule has 2 heterocycles. The Balaban J connectivity index is 1.66. The fourth-order valence-electron chi connectivity index (χ4n) is 4.22. The Bertz CT molecular complexity index is 1140. The van der Waals surface area contributed by atoms with E-state index in [1.54, 1.807) is 30.5 Å². The van der Waals surface area contributed by atoms with Crippen molar-refractivity contribution in [2.45, 2.75) is 19.0 Å². The quantitative estimate of drug-likeness (QED) is 0.348. The molecule has 0 saturated carbocycles. The maximum absolute atomic E-state index is 13.0. The molecule has 0 bridgehead atoms. The summed E-state index contributed by atoms with van der Waals surface area (Å²) in [4.78, 5) is 28.9. The average molecular weight is 377 g/mol. The monoisotopic (exact) mass is 377 g/mol. The third-order valence-electron chi connectivity index (χ3n) is 5.67. The minimum Gasteiger partial charge on any atom is -0.506 e. The predicted octanol–water partition coefficient (Wildman–Crippen LogP) is 1.81. The molecule has 1 aliphatic heterocycles. The molecule has 2 aliphatic rings. The largest absolute Gasteiger partial charge is 0.506 e. The van der Waals surface area contributed by atoms with E-state index in [1.807, 2.05) is 0 Å². The number of carbonyl (C=O) groups is 2. The van der Waals surface area contributed by atoms with Gasteiger partial charge in [-0.1, -0.05) is 24.3 Å². The number of benzene rings is 2. The third-order valence-corrected chi connectivity index (χ3v) is 5.67. The average Bonchev–Trinajstić information content (AvgIpc) is 3.37. The number of aromatic nitrogens is 1. The SMILES string of the molecule is O=C1c2ccccc2C(=O)c2c1c(O)c1[nH]cc(CN[C@H]3CCNC3)c1c2O. The van der Waals surface area contributed by atoms with Crippen LogP contribution in [0.25, 0.3) is 10.9 Å². The first-order valence-corrected chi connectivity index (χ1v) is 9.28. The predicted molar refractivity (Wildman–Crippen MR) is 103 cm³/mol. The summed E-state index contributed by atoms with van der Waals surface area (Å²) in [7, 11) is 0. The number of nitrogens with one attached hydrogen (secondary N) is 3. The van der Waals surface area contributed by atoms with Gasteiger partial charge in [0.1, 0.15) is 5.75 Å². The molecule has 1 saturated heterocycles. The molecule has 7 nitrogen and oxygen atoms in total. The molecule has 0 unspecified atom stereocenters. The summed E-state index contributed by atoms with van der Waals surface area (Å²) in [6.07, 6.45) is 2.70. The second-order valence-corrected chi connectivity index (χ2v) is 7.29. The van der Waals surface area contributed by atoms with E-state index < -0.39 is 11.6 Å². The molecule has 7 heteroatoms. The summed E-state index contributed by atoms with van der Waals surface area (Å²) >= 11 is 0. The number of phenols is 2. The Morgan fingerprint density at radius 2 is 1.71 bits per heavy atom. The van der Waals surface area contributed by atoms with Crippen LogP contribution < -0.4 is 10.6 Å². The minimum absolute atomic E-state index is 0.128. The van der Waals surface area contributed by atoms with Crippen molar-refractivity contribution in [3.63, 3.8) is 0 Å². The molecular weight excluding hydrogens is 358 g/mol. The molecular formula is C21H19N3O4. The van der Waals surface area contributed by atoms with Crippen molar-refractivity contribution < 1.29 is 19.8 Å². The van der Waals surface area contributed by atoms with E-state index in [2.05, 4.69) is 15.6 Å². The Hall–Kier alpha value is -3.16. The van der Waals surface area contributed by atoms with E-state index in [1.165, 1.54) is 0 Å². The van der Waals surface area contributed by atoms with Crippen molar-refractivity contribution in [1.29, 1.82) is 0 Å². The number of fused-ring (bicyclic) bond motifs is 3. The number of H-pyrrole nitrogens is 1. The zero-order chi connectivity index (χ0) is 19.4. The summed E-state index contributed by atoms with van der Waals surface area (Å²) in [5, 5.41) is 28.8. The maximum Gasteiger partial charge on any atom is 0.198 e. The highest BCUT2D eigenvalue weighted by molar-refractivity contribution is 6.32. The number of aromatic hydroxyl groups is 2. The van der Waals surface area contributed by atoms with Gasteiger partial charge in [0.2, 0.25) is 0 Å². The van der Waals surface area contributed by atoms with E-state index >= 15 is 0 Å².